The van der Waals surface area contributed by atoms with Crippen LogP contribution in [0.3, 0.4) is 0 Å². The van der Waals surface area contributed by atoms with Gasteiger partial charge in [-0.3, -0.25) is 0 Å². The minimum atomic E-state index is -0.437. The fourth-order valence-electron chi connectivity index (χ4n) is 1.23. The van der Waals surface area contributed by atoms with Crippen LogP contribution in [0.25, 0.3) is 11.0 Å². The molecule has 68 valence electrons. The van der Waals surface area contributed by atoms with E-state index < -0.39 is 11.6 Å². The maximum atomic E-state index is 13.0. The molecule has 0 spiro atoms. The van der Waals surface area contributed by atoms with Crippen LogP contribution in [0, 0.1) is 12.9 Å². The Morgan fingerprint density at radius 2 is 2.31 bits per heavy atom. The topological polar surface area (TPSA) is 50.7 Å². The summed E-state index contributed by atoms with van der Waals surface area (Å²) >= 11 is 0. The van der Waals surface area contributed by atoms with Gasteiger partial charge in [-0.1, -0.05) is 0 Å². The van der Waals surface area contributed by atoms with E-state index in [1.807, 2.05) is 0 Å². The Morgan fingerprint density at radius 3 is 3.00 bits per heavy atom. The second-order valence-electron chi connectivity index (χ2n) is 2.96. The highest BCUT2D eigenvalue weighted by Gasteiger charge is 2.08. The molecule has 0 saturated heterocycles. The lowest BCUT2D eigenvalue weighted by Gasteiger charge is -1.94. The van der Waals surface area contributed by atoms with Gasteiger partial charge in [0.05, 0.1) is 0 Å². The highest BCUT2D eigenvalue weighted by Crippen LogP contribution is 2.16. The Hall–Kier alpha value is -1.65. The number of aromatic amines is 1. The Kier molecular flexibility index (Phi) is 1.48. The minimum absolute atomic E-state index is 0.304. The molecular weight excluding hydrogens is 173 g/mol. The first-order valence-electron chi connectivity index (χ1n) is 3.81. The van der Waals surface area contributed by atoms with Crippen molar-refractivity contribution in [3.05, 3.63) is 28.2 Å². The van der Waals surface area contributed by atoms with E-state index in [2.05, 4.69) is 9.97 Å². The first kappa shape index (κ1) is 7.97. The third-order valence-electron chi connectivity index (χ3n) is 2.05. The van der Waals surface area contributed by atoms with Crippen LogP contribution in [0.1, 0.15) is 5.56 Å². The molecule has 2 rings (SSSR count). The van der Waals surface area contributed by atoms with Crippen molar-refractivity contribution in [2.24, 2.45) is 7.05 Å². The molecule has 2 heterocycles. The molecule has 4 nitrogen and oxygen atoms in total. The average molecular weight is 181 g/mol. The number of hydrogen-bond acceptors (Lipinski definition) is 2. The van der Waals surface area contributed by atoms with Gasteiger partial charge in [-0.2, -0.15) is 9.37 Å². The molecule has 0 fully saturated rings. The van der Waals surface area contributed by atoms with Gasteiger partial charge in [0.2, 0.25) is 0 Å². The summed E-state index contributed by atoms with van der Waals surface area (Å²) in [5, 5.41) is 0.639. The van der Waals surface area contributed by atoms with E-state index in [4.69, 9.17) is 0 Å². The van der Waals surface area contributed by atoms with Crippen molar-refractivity contribution >= 4 is 11.0 Å². The molecule has 0 unspecified atom stereocenters. The number of H-pyrrole nitrogens is 1. The molecule has 0 aliphatic rings. The van der Waals surface area contributed by atoms with Gasteiger partial charge in [-0.05, 0) is 6.92 Å². The second-order valence-corrected chi connectivity index (χ2v) is 2.96. The zero-order chi connectivity index (χ0) is 9.59. The summed E-state index contributed by atoms with van der Waals surface area (Å²) in [5.74, 6) is -0.437. The molecule has 1 N–H and O–H groups in total. The van der Waals surface area contributed by atoms with E-state index in [-0.39, 0.29) is 0 Å². The van der Waals surface area contributed by atoms with Crippen molar-refractivity contribution in [1.29, 1.82) is 0 Å². The molecule has 0 radical (unpaired) electrons. The summed E-state index contributed by atoms with van der Waals surface area (Å²) in [6, 6.07) is 0. The van der Waals surface area contributed by atoms with Gasteiger partial charge in [-0.25, -0.2) is 4.79 Å². The van der Waals surface area contributed by atoms with Crippen molar-refractivity contribution in [3.63, 3.8) is 0 Å². The number of fused-ring (bicyclic) bond motifs is 1. The monoisotopic (exact) mass is 181 g/mol. The first-order chi connectivity index (χ1) is 6.09. The first-order valence-corrected chi connectivity index (χ1v) is 3.81. The molecule has 0 saturated carbocycles. The van der Waals surface area contributed by atoms with Gasteiger partial charge in [0.25, 0.3) is 0 Å². The lowest BCUT2D eigenvalue weighted by atomic mass is 10.3. The fourth-order valence-corrected chi connectivity index (χ4v) is 1.23. The van der Waals surface area contributed by atoms with Crippen molar-refractivity contribution < 1.29 is 4.39 Å². The van der Waals surface area contributed by atoms with Gasteiger partial charge in [-0.15, -0.1) is 0 Å². The van der Waals surface area contributed by atoms with E-state index in [0.717, 1.165) is 0 Å². The molecule has 0 atom stereocenters. The Labute approximate surface area is 73.0 Å². The molecule has 0 amide bonds. The SMILES string of the molecule is Cc1c(F)[nH]c2nc(=O)n(C)cc12. The van der Waals surface area contributed by atoms with Crippen LogP contribution in [-0.4, -0.2) is 14.5 Å². The number of aryl methyl sites for hydroxylation is 2. The van der Waals surface area contributed by atoms with Gasteiger partial charge < -0.3 is 9.55 Å². The summed E-state index contributed by atoms with van der Waals surface area (Å²) in [7, 11) is 1.58. The molecule has 0 bridgehead atoms. The molecular formula is C8H8FN3O. The molecule has 0 aliphatic carbocycles. The van der Waals surface area contributed by atoms with E-state index >= 15 is 0 Å². The lowest BCUT2D eigenvalue weighted by Crippen LogP contribution is -2.18. The van der Waals surface area contributed by atoms with Crippen LogP contribution < -0.4 is 5.69 Å². The van der Waals surface area contributed by atoms with E-state index in [1.54, 1.807) is 20.2 Å². The summed E-state index contributed by atoms with van der Waals surface area (Å²) in [4.78, 5) is 17.1. The van der Waals surface area contributed by atoms with Gasteiger partial charge in [0.1, 0.15) is 5.65 Å². The van der Waals surface area contributed by atoms with Crippen molar-refractivity contribution in [3.8, 4) is 0 Å². The predicted octanol–water partition coefficient (Wildman–Crippen LogP) is 0.709. The number of hydrogen-bond donors (Lipinski definition) is 1. The van der Waals surface area contributed by atoms with Crippen molar-refractivity contribution in [2.45, 2.75) is 6.92 Å². The lowest BCUT2D eigenvalue weighted by molar-refractivity contribution is 0.586. The molecule has 5 heteroatoms. The smallest absolute Gasteiger partial charge is 0.316 e. The maximum absolute atomic E-state index is 13.0. The zero-order valence-corrected chi connectivity index (χ0v) is 7.26. The maximum Gasteiger partial charge on any atom is 0.349 e. The van der Waals surface area contributed by atoms with Crippen molar-refractivity contribution in [2.75, 3.05) is 0 Å². The highest BCUT2D eigenvalue weighted by molar-refractivity contribution is 5.78. The van der Waals surface area contributed by atoms with Crippen LogP contribution in [0.4, 0.5) is 4.39 Å². The average Bonchev–Trinajstić information content (AvgIpc) is 2.32. The van der Waals surface area contributed by atoms with Crippen LogP contribution in [0.5, 0.6) is 0 Å². The normalized spacial score (nSPS) is 11.0. The fraction of sp³-hybridized carbons (Fsp3) is 0.250. The van der Waals surface area contributed by atoms with Gasteiger partial charge in [0, 0.05) is 24.2 Å². The van der Waals surface area contributed by atoms with E-state index in [1.165, 1.54) is 4.57 Å². The number of rotatable bonds is 0. The molecule has 2 aromatic rings. The standard InChI is InChI=1S/C8H8FN3O/c1-4-5-3-12(2)8(13)11-7(5)10-6(4)9/h3H,1-2H3,(H,10,11,13). The zero-order valence-electron chi connectivity index (χ0n) is 7.26. The predicted molar refractivity (Wildman–Crippen MR) is 46.0 cm³/mol. The Balaban J connectivity index is 2.97. The third-order valence-corrected chi connectivity index (χ3v) is 2.05. The van der Waals surface area contributed by atoms with Gasteiger partial charge >= 0.3 is 5.69 Å². The third kappa shape index (κ3) is 1.04. The quantitative estimate of drug-likeness (QED) is 0.650. The molecule has 0 aliphatic heterocycles. The largest absolute Gasteiger partial charge is 0.349 e. The Bertz CT molecular complexity index is 526. The number of halogens is 1. The highest BCUT2D eigenvalue weighted by atomic mass is 19.1. The minimum Gasteiger partial charge on any atom is -0.316 e. The van der Waals surface area contributed by atoms with Crippen LogP contribution in [0.2, 0.25) is 0 Å². The molecule has 13 heavy (non-hydrogen) atoms. The van der Waals surface area contributed by atoms with Crippen LogP contribution in [0.15, 0.2) is 11.0 Å². The van der Waals surface area contributed by atoms with Crippen molar-refractivity contribution in [1.82, 2.24) is 14.5 Å². The summed E-state index contributed by atoms with van der Waals surface area (Å²) in [6.07, 6.45) is 1.57. The number of nitrogens with one attached hydrogen (secondary N) is 1. The summed E-state index contributed by atoms with van der Waals surface area (Å²) in [5.41, 5.74) is 0.393. The number of nitrogens with zero attached hydrogens (tertiary/aromatic N) is 2. The van der Waals surface area contributed by atoms with Crippen LogP contribution >= 0.6 is 0 Å². The van der Waals surface area contributed by atoms with Gasteiger partial charge in [0.15, 0.2) is 5.95 Å². The van der Waals surface area contributed by atoms with E-state index in [9.17, 15) is 9.18 Å². The molecule has 2 aromatic heterocycles. The second kappa shape index (κ2) is 2.42. The molecule has 0 aromatic carbocycles. The summed E-state index contributed by atoms with van der Waals surface area (Å²) < 4.78 is 14.3. The summed E-state index contributed by atoms with van der Waals surface area (Å²) in [6.45, 7) is 1.64. The van der Waals surface area contributed by atoms with Crippen LogP contribution in [-0.2, 0) is 7.05 Å². The number of aromatic nitrogens is 3. The van der Waals surface area contributed by atoms with E-state index in [0.29, 0.717) is 16.6 Å². The Morgan fingerprint density at radius 1 is 1.62 bits per heavy atom.